The maximum absolute atomic E-state index is 12.2. The van der Waals surface area contributed by atoms with Gasteiger partial charge in [0.15, 0.2) is 0 Å². The molecule has 0 aliphatic carbocycles. The Morgan fingerprint density at radius 3 is 2.53 bits per heavy atom. The second-order valence-corrected chi connectivity index (χ2v) is 2.76. The van der Waals surface area contributed by atoms with Gasteiger partial charge >= 0.3 is 6.18 Å². The van der Waals surface area contributed by atoms with Crippen LogP contribution >= 0.6 is 0 Å². The van der Waals surface area contributed by atoms with E-state index in [4.69, 9.17) is 0 Å². The molecule has 0 bridgehead atoms. The van der Waals surface area contributed by atoms with E-state index >= 15 is 0 Å². The van der Waals surface area contributed by atoms with Crippen molar-refractivity contribution in [2.45, 2.75) is 6.18 Å². The number of alkyl halides is 3. The summed E-state index contributed by atoms with van der Waals surface area (Å²) in [5.41, 5.74) is -0.405. The first-order valence-corrected chi connectivity index (χ1v) is 3.96. The van der Waals surface area contributed by atoms with E-state index in [-0.39, 0.29) is 5.69 Å². The van der Waals surface area contributed by atoms with Crippen molar-refractivity contribution < 1.29 is 13.2 Å². The Hall–Kier alpha value is -1.92. The summed E-state index contributed by atoms with van der Waals surface area (Å²) < 4.78 is 36.6. The van der Waals surface area contributed by atoms with E-state index in [1.165, 1.54) is 18.6 Å². The average molecular weight is 214 g/mol. The van der Waals surface area contributed by atoms with Gasteiger partial charge in [-0.05, 0) is 12.1 Å². The van der Waals surface area contributed by atoms with Crippen molar-refractivity contribution >= 4 is 0 Å². The number of aromatic amines is 1. The first-order valence-electron chi connectivity index (χ1n) is 3.96. The Bertz CT molecular complexity index is 448. The normalized spacial score (nSPS) is 11.7. The highest BCUT2D eigenvalue weighted by molar-refractivity contribution is 5.53. The third-order valence-corrected chi connectivity index (χ3v) is 1.73. The standard InChI is InChI=1S/C8H5F3N4/c9-8(10,11)7-3-6(14-15-7)5-1-2-12-4-13-5/h1-4H,(H,14,15). The molecule has 4 nitrogen and oxygen atoms in total. The summed E-state index contributed by atoms with van der Waals surface area (Å²) in [4.78, 5) is 7.44. The Balaban J connectivity index is 2.37. The molecule has 0 unspecified atom stereocenters. The topological polar surface area (TPSA) is 54.5 Å². The lowest BCUT2D eigenvalue weighted by Gasteiger charge is -1.99. The zero-order valence-electron chi connectivity index (χ0n) is 7.28. The predicted molar refractivity (Wildman–Crippen MR) is 44.6 cm³/mol. The SMILES string of the molecule is FC(F)(F)c1cc(-c2ccncn2)n[nH]1. The average Bonchev–Trinajstić information content (AvgIpc) is 2.67. The largest absolute Gasteiger partial charge is 0.432 e. The minimum Gasteiger partial charge on any atom is -0.273 e. The van der Waals surface area contributed by atoms with Gasteiger partial charge in [-0.15, -0.1) is 0 Å². The molecule has 0 aliphatic rings. The van der Waals surface area contributed by atoms with Gasteiger partial charge in [-0.1, -0.05) is 0 Å². The summed E-state index contributed by atoms with van der Waals surface area (Å²) in [5.74, 6) is 0. The molecule has 2 rings (SSSR count). The van der Waals surface area contributed by atoms with E-state index in [1.807, 2.05) is 5.10 Å². The van der Waals surface area contributed by atoms with Gasteiger partial charge in [-0.2, -0.15) is 18.3 Å². The highest BCUT2D eigenvalue weighted by atomic mass is 19.4. The Labute approximate surface area is 82.2 Å². The number of aromatic nitrogens is 4. The maximum Gasteiger partial charge on any atom is 0.432 e. The minimum absolute atomic E-state index is 0.143. The van der Waals surface area contributed by atoms with Crippen LogP contribution in [0.15, 0.2) is 24.7 Å². The molecule has 0 saturated carbocycles. The van der Waals surface area contributed by atoms with E-state index in [9.17, 15) is 13.2 Å². The van der Waals surface area contributed by atoms with Crippen molar-refractivity contribution in [1.29, 1.82) is 0 Å². The third-order valence-electron chi connectivity index (χ3n) is 1.73. The van der Waals surface area contributed by atoms with E-state index in [0.29, 0.717) is 5.69 Å². The zero-order chi connectivity index (χ0) is 10.9. The van der Waals surface area contributed by atoms with Gasteiger partial charge in [-0.3, -0.25) is 5.10 Å². The smallest absolute Gasteiger partial charge is 0.273 e. The van der Waals surface area contributed by atoms with Crippen molar-refractivity contribution in [2.75, 3.05) is 0 Å². The lowest BCUT2D eigenvalue weighted by molar-refractivity contribution is -0.141. The number of rotatable bonds is 1. The van der Waals surface area contributed by atoms with Crippen LogP contribution in [-0.4, -0.2) is 20.2 Å². The highest BCUT2D eigenvalue weighted by Gasteiger charge is 2.33. The number of H-pyrrole nitrogens is 1. The summed E-state index contributed by atoms with van der Waals surface area (Å²) in [6.07, 6.45) is -1.74. The minimum atomic E-state index is -4.42. The van der Waals surface area contributed by atoms with Crippen LogP contribution in [0.1, 0.15) is 5.69 Å². The number of halogens is 3. The van der Waals surface area contributed by atoms with Crippen molar-refractivity contribution in [3.8, 4) is 11.4 Å². The molecule has 7 heteroatoms. The molecule has 0 amide bonds. The van der Waals surface area contributed by atoms with Crippen LogP contribution in [0.5, 0.6) is 0 Å². The maximum atomic E-state index is 12.2. The zero-order valence-corrected chi connectivity index (χ0v) is 7.28. The molecule has 15 heavy (non-hydrogen) atoms. The summed E-state index contributed by atoms with van der Waals surface area (Å²) in [7, 11) is 0. The lowest BCUT2D eigenvalue weighted by atomic mass is 10.3. The van der Waals surface area contributed by atoms with Crippen molar-refractivity contribution in [2.24, 2.45) is 0 Å². The monoisotopic (exact) mass is 214 g/mol. The molecule has 2 aromatic heterocycles. The van der Waals surface area contributed by atoms with Crippen molar-refractivity contribution in [3.63, 3.8) is 0 Å². The molecule has 78 valence electrons. The van der Waals surface area contributed by atoms with E-state index < -0.39 is 11.9 Å². The second kappa shape index (κ2) is 3.34. The molecule has 2 heterocycles. The summed E-state index contributed by atoms with van der Waals surface area (Å²) >= 11 is 0. The highest BCUT2D eigenvalue weighted by Crippen LogP contribution is 2.29. The Kier molecular flexibility index (Phi) is 2.14. The van der Waals surface area contributed by atoms with Gasteiger partial charge in [0.05, 0.1) is 5.69 Å². The molecule has 0 spiro atoms. The van der Waals surface area contributed by atoms with E-state index in [0.717, 1.165) is 6.07 Å². The fourth-order valence-electron chi connectivity index (χ4n) is 1.04. The summed E-state index contributed by atoms with van der Waals surface area (Å²) in [6, 6.07) is 2.39. The van der Waals surface area contributed by atoms with Crippen LogP contribution in [0, 0.1) is 0 Å². The fourth-order valence-corrected chi connectivity index (χ4v) is 1.04. The number of hydrogen-bond donors (Lipinski definition) is 1. The molecule has 2 aromatic rings. The summed E-state index contributed by atoms with van der Waals surface area (Å²) in [5, 5.41) is 5.43. The number of nitrogens with zero attached hydrogens (tertiary/aromatic N) is 3. The van der Waals surface area contributed by atoms with Crippen LogP contribution in [0.3, 0.4) is 0 Å². The lowest BCUT2D eigenvalue weighted by Crippen LogP contribution is -2.04. The second-order valence-electron chi connectivity index (χ2n) is 2.76. The molecule has 0 fully saturated rings. The molecule has 0 saturated heterocycles. The molecule has 0 radical (unpaired) electrons. The quantitative estimate of drug-likeness (QED) is 0.788. The van der Waals surface area contributed by atoms with E-state index in [1.54, 1.807) is 0 Å². The first-order chi connectivity index (χ1) is 7.07. The van der Waals surface area contributed by atoms with Gasteiger partial charge in [0.25, 0.3) is 0 Å². The first kappa shape index (κ1) is 9.63. The number of hydrogen-bond acceptors (Lipinski definition) is 3. The van der Waals surface area contributed by atoms with Crippen LogP contribution in [0.4, 0.5) is 13.2 Å². The third kappa shape index (κ3) is 1.95. The van der Waals surface area contributed by atoms with Gasteiger partial charge in [0, 0.05) is 6.20 Å². The molecule has 0 atom stereocenters. The Morgan fingerprint density at radius 2 is 2.00 bits per heavy atom. The van der Waals surface area contributed by atoms with Gasteiger partial charge < -0.3 is 0 Å². The van der Waals surface area contributed by atoms with Gasteiger partial charge in [0.1, 0.15) is 17.7 Å². The van der Waals surface area contributed by atoms with Gasteiger partial charge in [-0.25, -0.2) is 9.97 Å². The Morgan fingerprint density at radius 1 is 1.20 bits per heavy atom. The van der Waals surface area contributed by atoms with Gasteiger partial charge in [0.2, 0.25) is 0 Å². The molecule has 0 aliphatic heterocycles. The van der Waals surface area contributed by atoms with E-state index in [2.05, 4.69) is 15.1 Å². The fraction of sp³-hybridized carbons (Fsp3) is 0.125. The van der Waals surface area contributed by atoms with Crippen LogP contribution < -0.4 is 0 Å². The van der Waals surface area contributed by atoms with Crippen LogP contribution in [-0.2, 0) is 6.18 Å². The predicted octanol–water partition coefficient (Wildman–Crippen LogP) is 1.89. The van der Waals surface area contributed by atoms with Crippen LogP contribution in [0.25, 0.3) is 11.4 Å². The summed E-state index contributed by atoms with van der Waals surface area (Å²) in [6.45, 7) is 0. The molecular weight excluding hydrogens is 209 g/mol. The molecular formula is C8H5F3N4. The van der Waals surface area contributed by atoms with Crippen molar-refractivity contribution in [1.82, 2.24) is 20.2 Å². The number of nitrogens with one attached hydrogen (secondary N) is 1. The van der Waals surface area contributed by atoms with Crippen LogP contribution in [0.2, 0.25) is 0 Å². The molecule has 0 aromatic carbocycles. The van der Waals surface area contributed by atoms with Crippen molar-refractivity contribution in [3.05, 3.63) is 30.4 Å². The molecule has 1 N–H and O–H groups in total.